The van der Waals surface area contributed by atoms with Gasteiger partial charge in [-0.15, -0.1) is 0 Å². The van der Waals surface area contributed by atoms with Crippen LogP contribution in [0.3, 0.4) is 0 Å². The molecule has 0 fully saturated rings. The van der Waals surface area contributed by atoms with Gasteiger partial charge < -0.3 is 21.1 Å². The third-order valence-electron chi connectivity index (χ3n) is 10.1. The van der Waals surface area contributed by atoms with Crippen LogP contribution in [0, 0.1) is 0 Å². The highest BCUT2D eigenvalue weighted by Gasteiger charge is 2.26. The molecule has 0 spiro atoms. The van der Waals surface area contributed by atoms with Crippen LogP contribution in [-0.4, -0.2) is 47.8 Å². The van der Waals surface area contributed by atoms with Crippen molar-refractivity contribution in [1.29, 1.82) is 0 Å². The van der Waals surface area contributed by atoms with Crippen molar-refractivity contribution < 1.29 is 28.4 Å². The first-order valence-electron chi connectivity index (χ1n) is 22.3. The van der Waals surface area contributed by atoms with E-state index in [1.54, 1.807) is 6.08 Å². The van der Waals surface area contributed by atoms with Crippen molar-refractivity contribution in [3.63, 3.8) is 0 Å². The maximum Gasteiger partial charge on any atom is 0.472 e. The predicted molar refractivity (Wildman–Crippen MR) is 222 cm³/mol. The minimum Gasteiger partial charge on any atom is -0.387 e. The molecule has 0 aliphatic heterocycles. The summed E-state index contributed by atoms with van der Waals surface area (Å²) < 4.78 is 22.1. The topological polar surface area (TPSA) is 131 Å². The Morgan fingerprint density at radius 2 is 0.981 bits per heavy atom. The SMILES string of the molecule is CCCCCCCCCCCCCCCCCCCCC/C=C/C(O)C(COP(=O)(O)OCCN)NC(=O)CCCCCCCCCCCCCC. The highest BCUT2D eigenvalue weighted by atomic mass is 31.2. The molecule has 5 N–H and O–H groups in total. The molecule has 0 aliphatic carbocycles. The Morgan fingerprint density at radius 3 is 1.37 bits per heavy atom. The summed E-state index contributed by atoms with van der Waals surface area (Å²) in [4.78, 5) is 22.7. The van der Waals surface area contributed by atoms with E-state index >= 15 is 0 Å². The van der Waals surface area contributed by atoms with E-state index in [0.29, 0.717) is 6.42 Å². The van der Waals surface area contributed by atoms with Gasteiger partial charge in [-0.1, -0.05) is 212 Å². The fourth-order valence-corrected chi connectivity index (χ4v) is 7.48. The van der Waals surface area contributed by atoms with Crippen LogP contribution in [0.15, 0.2) is 12.2 Å². The maximum absolute atomic E-state index is 12.7. The zero-order valence-corrected chi connectivity index (χ0v) is 35.2. The van der Waals surface area contributed by atoms with Crippen LogP contribution in [0.1, 0.15) is 226 Å². The van der Waals surface area contributed by atoms with Crippen molar-refractivity contribution in [1.82, 2.24) is 5.32 Å². The quantitative estimate of drug-likeness (QED) is 0.0277. The van der Waals surface area contributed by atoms with Crippen molar-refractivity contribution in [2.24, 2.45) is 5.73 Å². The zero-order valence-electron chi connectivity index (χ0n) is 34.3. The van der Waals surface area contributed by atoms with E-state index in [9.17, 15) is 19.4 Å². The van der Waals surface area contributed by atoms with Crippen LogP contribution in [0.25, 0.3) is 0 Å². The molecule has 3 atom stereocenters. The number of aliphatic hydroxyl groups excluding tert-OH is 1. The first kappa shape index (κ1) is 51.2. The van der Waals surface area contributed by atoms with Gasteiger partial charge in [0.1, 0.15) is 0 Å². The summed E-state index contributed by atoms with van der Waals surface area (Å²) in [6.45, 7) is 4.15. The summed E-state index contributed by atoms with van der Waals surface area (Å²) in [5.74, 6) is -0.192. The Hall–Kier alpha value is -0.760. The summed E-state index contributed by atoms with van der Waals surface area (Å²) in [5.41, 5.74) is 5.37. The molecule has 3 unspecified atom stereocenters. The standard InChI is InChI=1S/C43H87N2O6P/c1-3-5-7-9-11-13-15-17-18-19-20-21-22-23-24-25-26-28-30-32-34-36-42(46)41(40-51-52(48,49)50-39-38-44)45-43(47)37-35-33-31-29-27-16-14-12-10-8-6-4-2/h34,36,41-42,46H,3-33,35,37-40,44H2,1-2H3,(H,45,47)(H,48,49)/b36-34+. The van der Waals surface area contributed by atoms with Crippen LogP contribution >= 0.6 is 7.82 Å². The van der Waals surface area contributed by atoms with E-state index < -0.39 is 20.0 Å². The number of phosphoric ester groups is 1. The average molecular weight is 759 g/mol. The first-order valence-corrected chi connectivity index (χ1v) is 23.8. The van der Waals surface area contributed by atoms with Gasteiger partial charge >= 0.3 is 7.82 Å². The van der Waals surface area contributed by atoms with Crippen molar-refractivity contribution in [2.45, 2.75) is 238 Å². The van der Waals surface area contributed by atoms with Crippen LogP contribution in [0.4, 0.5) is 0 Å². The lowest BCUT2D eigenvalue weighted by Gasteiger charge is -2.23. The second kappa shape index (κ2) is 39.9. The Labute approximate surface area is 322 Å². The number of unbranched alkanes of at least 4 members (excludes halogenated alkanes) is 30. The Bertz CT molecular complexity index is 829. The van der Waals surface area contributed by atoms with Gasteiger partial charge in [0.25, 0.3) is 0 Å². The number of nitrogens with two attached hydrogens (primary N) is 1. The van der Waals surface area contributed by atoms with Gasteiger partial charge in [0.15, 0.2) is 0 Å². The largest absolute Gasteiger partial charge is 0.472 e. The van der Waals surface area contributed by atoms with E-state index in [1.165, 1.54) is 167 Å². The lowest BCUT2D eigenvalue weighted by molar-refractivity contribution is -0.123. The molecule has 0 aromatic heterocycles. The number of hydrogen-bond acceptors (Lipinski definition) is 6. The number of amides is 1. The van der Waals surface area contributed by atoms with Gasteiger partial charge in [0.2, 0.25) is 5.91 Å². The van der Waals surface area contributed by atoms with Crippen molar-refractivity contribution in [3.8, 4) is 0 Å². The van der Waals surface area contributed by atoms with Gasteiger partial charge in [0, 0.05) is 13.0 Å². The molecule has 0 bridgehead atoms. The summed E-state index contributed by atoms with van der Waals surface area (Å²) in [6, 6.07) is -0.854. The highest BCUT2D eigenvalue weighted by Crippen LogP contribution is 2.43. The Kier molecular flexibility index (Phi) is 39.3. The van der Waals surface area contributed by atoms with Gasteiger partial charge in [-0.05, 0) is 19.3 Å². The minimum atomic E-state index is -4.33. The van der Waals surface area contributed by atoms with Crippen molar-refractivity contribution in [3.05, 3.63) is 12.2 Å². The smallest absolute Gasteiger partial charge is 0.387 e. The Morgan fingerprint density at radius 1 is 0.615 bits per heavy atom. The number of rotatable bonds is 42. The molecule has 0 saturated heterocycles. The molecule has 8 nitrogen and oxygen atoms in total. The number of hydrogen-bond donors (Lipinski definition) is 4. The number of nitrogens with one attached hydrogen (secondary N) is 1. The first-order chi connectivity index (χ1) is 25.4. The minimum absolute atomic E-state index is 0.0813. The molecule has 0 aromatic rings. The summed E-state index contributed by atoms with van der Waals surface area (Å²) in [5, 5.41) is 13.7. The summed E-state index contributed by atoms with van der Waals surface area (Å²) in [7, 11) is -4.33. The second-order valence-corrected chi connectivity index (χ2v) is 16.7. The van der Waals surface area contributed by atoms with E-state index in [1.807, 2.05) is 6.08 Å². The van der Waals surface area contributed by atoms with Crippen LogP contribution in [-0.2, 0) is 18.4 Å². The molecule has 310 valence electrons. The summed E-state index contributed by atoms with van der Waals surface area (Å²) >= 11 is 0. The van der Waals surface area contributed by atoms with Crippen LogP contribution < -0.4 is 11.1 Å². The molecule has 0 radical (unpaired) electrons. The molecule has 0 heterocycles. The number of allylic oxidation sites excluding steroid dienone is 1. The van der Waals surface area contributed by atoms with Gasteiger partial charge in [0.05, 0.1) is 25.4 Å². The molecule has 1 amide bonds. The second-order valence-electron chi connectivity index (χ2n) is 15.3. The molecule has 0 rings (SSSR count). The zero-order chi connectivity index (χ0) is 38.2. The van der Waals surface area contributed by atoms with E-state index in [0.717, 1.165) is 38.5 Å². The average Bonchev–Trinajstić information content (AvgIpc) is 3.13. The number of aliphatic hydroxyl groups is 1. The third kappa shape index (κ3) is 37.6. The predicted octanol–water partition coefficient (Wildman–Crippen LogP) is 12.4. The molecule has 0 aliphatic rings. The number of carbonyl (C=O) groups is 1. The third-order valence-corrected chi connectivity index (χ3v) is 11.1. The Balaban J connectivity index is 4.13. The van der Waals surface area contributed by atoms with Crippen molar-refractivity contribution in [2.75, 3.05) is 19.8 Å². The fourth-order valence-electron chi connectivity index (χ4n) is 6.72. The lowest BCUT2D eigenvalue weighted by atomic mass is 10.0. The summed E-state index contributed by atoms with van der Waals surface area (Å²) in [6.07, 6.45) is 44.1. The van der Waals surface area contributed by atoms with Crippen molar-refractivity contribution >= 4 is 13.7 Å². The van der Waals surface area contributed by atoms with Gasteiger partial charge in [-0.2, -0.15) is 0 Å². The fraction of sp³-hybridized carbons (Fsp3) is 0.930. The lowest BCUT2D eigenvalue weighted by Crippen LogP contribution is -2.45. The van der Waals surface area contributed by atoms with Gasteiger partial charge in [-0.25, -0.2) is 4.57 Å². The molecule has 9 heteroatoms. The van der Waals surface area contributed by atoms with E-state index in [2.05, 4.69) is 19.2 Å². The monoisotopic (exact) mass is 759 g/mol. The number of phosphoric acid groups is 1. The molecular weight excluding hydrogens is 671 g/mol. The van der Waals surface area contributed by atoms with Crippen LogP contribution in [0.5, 0.6) is 0 Å². The van der Waals surface area contributed by atoms with E-state index in [-0.39, 0.29) is 25.7 Å². The maximum atomic E-state index is 12.7. The molecule has 0 aromatic carbocycles. The normalized spacial score (nSPS) is 14.2. The molecule has 52 heavy (non-hydrogen) atoms. The molecule has 0 saturated carbocycles. The highest BCUT2D eigenvalue weighted by molar-refractivity contribution is 7.47. The van der Waals surface area contributed by atoms with E-state index in [4.69, 9.17) is 14.8 Å². The number of carbonyl (C=O) groups excluding carboxylic acids is 1. The van der Waals surface area contributed by atoms with Gasteiger partial charge in [-0.3, -0.25) is 13.8 Å². The molecular formula is C43H87N2O6P. The van der Waals surface area contributed by atoms with Crippen LogP contribution in [0.2, 0.25) is 0 Å².